The number of aliphatic hydroxyl groups excluding tert-OH is 5. The number of carbonyl (C=O) groups excluding carboxylic acids is 5. The predicted octanol–water partition coefficient (Wildman–Crippen LogP) is 20.4. The number of methoxy groups -OCH3 is 2. The summed E-state index contributed by atoms with van der Waals surface area (Å²) < 4.78 is 99.9. The molecule has 125 heavy (non-hydrogen) atoms. The van der Waals surface area contributed by atoms with Crippen molar-refractivity contribution in [3.8, 4) is 48.0 Å². The van der Waals surface area contributed by atoms with Gasteiger partial charge < -0.3 is 66.0 Å². The van der Waals surface area contributed by atoms with E-state index < -0.39 is 101 Å². The largest absolute Gasteiger partial charge is 1.00 e. The van der Waals surface area contributed by atoms with E-state index in [4.69, 9.17) is 58.3 Å². The molecule has 0 bridgehead atoms. The quantitative estimate of drug-likeness (QED) is 0.00530. The summed E-state index contributed by atoms with van der Waals surface area (Å²) in [4.78, 5) is 57.5. The fourth-order valence-electron chi connectivity index (χ4n) is 9.02. The van der Waals surface area contributed by atoms with Crippen molar-refractivity contribution in [1.82, 2.24) is 0 Å². The normalized spacial score (nSPS) is 18.9. The zero-order valence-electron chi connectivity index (χ0n) is 79.4. The molecule has 0 radical (unpaired) electrons. The van der Waals surface area contributed by atoms with Crippen molar-refractivity contribution < 1.29 is 124 Å². The van der Waals surface area contributed by atoms with E-state index in [1.165, 1.54) is 62.8 Å². The molecule has 0 saturated carbocycles. The molecule has 0 aliphatic carbocycles. The number of terminal acetylenes is 2. The number of esters is 3. The monoisotopic (exact) mass is 1780 g/mol. The van der Waals surface area contributed by atoms with Gasteiger partial charge >= 0.3 is 36.8 Å². The smallest absolute Gasteiger partial charge is 0.507 e. The van der Waals surface area contributed by atoms with Crippen molar-refractivity contribution in [2.75, 3.05) is 27.4 Å². The Balaban J connectivity index is -0.000000264. The number of fused-ring (bicyclic) bond motifs is 1. The number of carbonyl (C=O) groups is 5. The molecule has 3 aromatic rings. The molecule has 5 rings (SSSR count). The van der Waals surface area contributed by atoms with Crippen LogP contribution in [0.4, 0.5) is 22.0 Å². The first-order chi connectivity index (χ1) is 57.6. The Morgan fingerprint density at radius 1 is 0.720 bits per heavy atom. The van der Waals surface area contributed by atoms with E-state index in [1.54, 1.807) is 58.2 Å². The van der Waals surface area contributed by atoms with Crippen LogP contribution >= 0.6 is 11.6 Å². The molecule has 2 aliphatic rings. The number of cyclic esters (lactones) is 1. The summed E-state index contributed by atoms with van der Waals surface area (Å²) in [7, 11) is 2.81. The molecule has 24 heteroatoms. The molecular weight excluding hydrogens is 1620 g/mol. The van der Waals surface area contributed by atoms with Crippen LogP contribution in [0.3, 0.4) is 0 Å². The van der Waals surface area contributed by atoms with Gasteiger partial charge in [-0.3, -0.25) is 9.59 Å². The van der Waals surface area contributed by atoms with Gasteiger partial charge in [0.1, 0.15) is 47.0 Å². The number of aliphatic hydroxyl groups is 5. The van der Waals surface area contributed by atoms with Crippen molar-refractivity contribution >= 4 is 47.7 Å². The van der Waals surface area contributed by atoms with Crippen molar-refractivity contribution in [2.24, 2.45) is 65.1 Å². The number of phenols is 1. The summed E-state index contributed by atoms with van der Waals surface area (Å²) in [5.74, 6) is 5.15. The molecule has 1 fully saturated rings. The van der Waals surface area contributed by atoms with E-state index in [2.05, 4.69) is 63.0 Å². The Morgan fingerprint density at radius 2 is 1.22 bits per heavy atom. The fourth-order valence-corrected chi connectivity index (χ4v) is 9.20. The number of aryl methyl sites for hydroxylation is 1. The summed E-state index contributed by atoms with van der Waals surface area (Å²) in [5, 5.41) is 55.8. The van der Waals surface area contributed by atoms with Gasteiger partial charge in [-0.25, -0.2) is 31.9 Å². The topological polar surface area (TPSA) is 262 Å². The van der Waals surface area contributed by atoms with Gasteiger partial charge in [-0.15, -0.1) is 42.2 Å². The maximum absolute atomic E-state index is 15.3. The number of rotatable bonds is 25. The van der Waals surface area contributed by atoms with Gasteiger partial charge in [0, 0.05) is 37.7 Å². The molecule has 2 heterocycles. The van der Waals surface area contributed by atoms with Gasteiger partial charge in [0.2, 0.25) is 11.6 Å². The first-order valence-electron chi connectivity index (χ1n) is 42.5. The van der Waals surface area contributed by atoms with Gasteiger partial charge in [0.25, 0.3) is 0 Å². The maximum atomic E-state index is 15.3. The van der Waals surface area contributed by atoms with E-state index >= 15 is 4.39 Å². The first-order valence-corrected chi connectivity index (χ1v) is 43.0. The molecule has 13 atom stereocenters. The van der Waals surface area contributed by atoms with Crippen molar-refractivity contribution in [1.29, 1.82) is 0 Å². The van der Waals surface area contributed by atoms with Crippen LogP contribution in [0.1, 0.15) is 268 Å². The third-order valence-electron chi connectivity index (χ3n) is 19.1. The van der Waals surface area contributed by atoms with Crippen LogP contribution in [0, 0.1) is 115 Å². The summed E-state index contributed by atoms with van der Waals surface area (Å²) in [5.41, 5.74) is 2.50. The van der Waals surface area contributed by atoms with E-state index in [0.717, 1.165) is 56.6 Å². The second kappa shape index (κ2) is 76.4. The number of ether oxygens (including phenoxy) is 6. The number of aldehydes is 1. The minimum atomic E-state index is -1.91. The molecule has 0 amide bonds. The maximum Gasteiger partial charge on any atom is 1.00 e. The van der Waals surface area contributed by atoms with Gasteiger partial charge in [-0.2, -0.15) is 10.8 Å². The van der Waals surface area contributed by atoms with Crippen LogP contribution in [-0.4, -0.2) is 137 Å². The zero-order chi connectivity index (χ0) is 95.8. The second-order valence-electron chi connectivity index (χ2n) is 31.9. The van der Waals surface area contributed by atoms with Gasteiger partial charge in [-0.05, 0) is 190 Å². The Morgan fingerprint density at radius 3 is 1.63 bits per heavy atom. The Kier molecular flexibility index (Phi) is 79.8. The molecular formula is C101H155ClF5LiO17. The van der Waals surface area contributed by atoms with Crippen LogP contribution in [0.25, 0.3) is 6.08 Å². The number of hydrogen-bond donors (Lipinski definition) is 6. The fraction of sp³-hybridized carbons (Fsp3) is 0.584. The van der Waals surface area contributed by atoms with Crippen molar-refractivity contribution in [3.05, 3.63) is 167 Å². The molecule has 1 saturated heterocycles. The van der Waals surface area contributed by atoms with Gasteiger partial charge in [-0.1, -0.05) is 213 Å². The Hall–Kier alpha value is -7.61. The average molecular weight is 1780 g/mol. The standard InChI is InChI=1S/C23H33FO4.C20H23FO6.C13H21FO.C9H15FO2.C8H9ClO.C8H13FO.C6H14O.C5H8.C4H6O.C4H9.CH4.Li/c1-7-11-19-21(28-23(5,6)27-19)20(18(24)14-16(4)15(2)3)26-22(25)17-12-9-8-10-13-17;1-10-7-13-5-4-6-15(22)19(25)18(24)14(21)9-11(2)12(3)27-20(26)17(13)16(23)8-10;1-5-6-7-8-13(15)12(14)9-11(4)10(2)3;1-6(2)7(3)5-8(10)9(11)12-4;1-10-8-4-2-7(6-9)3-5-8;1-6(2)7(3)4-8(9)5-10;1-5(2)6(3)4-7;1-3-5-4-2;1-2-3-4-5;1-3-4-2;;/h8-10,12-16,19-21H,7,11H2,1-6H3;4-5,7-9,11-12,15,19,22-23,25H,6H2,1-3H3;9-11,13,15H,5-6H2,1-4H3;5-7H,1-4H3;2-5H,6H2,1H3;4-7H,1-3H3;5-7H,4H2,1-3H3;1H,4-5H2,2H3;1,5H,3-4H2;1,3-4H2,2H3;1H4;/q;;;;;;;;;-1;;+1/b18-14+;5-4+,14-9+;12-9+;8-5+;;8-4+;;;;;;/t16-,19+,20?,21?;11-,12+,15+,19+;11-,13?;7-;;7-;6-;;;;;/m1111.11...../s1. The van der Waals surface area contributed by atoms with Crippen LogP contribution in [0.2, 0.25) is 0 Å². The van der Waals surface area contributed by atoms with E-state index in [0.29, 0.717) is 78.0 Å². The van der Waals surface area contributed by atoms with Gasteiger partial charge in [0.05, 0.1) is 38.6 Å². The summed E-state index contributed by atoms with van der Waals surface area (Å²) in [6.45, 7) is 50.5. The third-order valence-corrected chi connectivity index (χ3v) is 19.4. The number of Topliss-reactive ketones (excluding diaryl/α,β-unsaturated/α-hetero) is 1. The Labute approximate surface area is 766 Å². The average Bonchev–Trinajstić information content (AvgIpc) is 1.70. The van der Waals surface area contributed by atoms with E-state index in [1.807, 2.05) is 134 Å². The third kappa shape index (κ3) is 61.5. The molecule has 3 unspecified atom stereocenters. The van der Waals surface area contributed by atoms with Crippen molar-refractivity contribution in [3.63, 3.8) is 0 Å². The summed E-state index contributed by atoms with van der Waals surface area (Å²) >= 11 is 5.58. The molecule has 6 N–H and O–H groups in total. The number of hydrogen-bond acceptors (Lipinski definition) is 17. The van der Waals surface area contributed by atoms with Crippen molar-refractivity contribution in [2.45, 2.75) is 292 Å². The Bertz CT molecular complexity index is 3700. The van der Waals surface area contributed by atoms with Crippen LogP contribution in [-0.2, 0) is 43.9 Å². The molecule has 0 aromatic heterocycles. The summed E-state index contributed by atoms with van der Waals surface area (Å²) in [6.07, 6.45) is 19.4. The van der Waals surface area contributed by atoms with Crippen LogP contribution in [0.5, 0.6) is 11.5 Å². The molecule has 3 aromatic carbocycles. The minimum Gasteiger partial charge on any atom is -0.507 e. The number of ketones is 1. The second-order valence-corrected chi connectivity index (χ2v) is 32.2. The van der Waals surface area contributed by atoms with Crippen LogP contribution < -0.4 is 23.6 Å². The van der Waals surface area contributed by atoms with E-state index in [-0.39, 0.29) is 92.6 Å². The molecule has 17 nitrogen and oxygen atoms in total. The number of alkyl halides is 1. The summed E-state index contributed by atoms with van der Waals surface area (Å²) in [6, 6.07) is 19.4. The van der Waals surface area contributed by atoms with Crippen LogP contribution in [0.15, 0.2) is 132 Å². The predicted molar refractivity (Wildman–Crippen MR) is 496 cm³/mol. The number of aromatic hydroxyl groups is 1. The number of allylic oxidation sites excluding steroid dienone is 5. The first kappa shape index (κ1) is 130. The number of unbranched alkanes of at least 4 members (excludes halogenated alkanes) is 3. The number of benzene rings is 3. The van der Waals surface area contributed by atoms with Gasteiger partial charge in [0.15, 0.2) is 35.9 Å². The molecule has 704 valence electrons. The molecule has 0 spiro atoms. The molecule has 2 aliphatic heterocycles. The SMILES string of the molecule is C.C#CCCC.C#CCCO.CC(C)[C@H](C)/C=C(/F)C=O.CC(C)[C@H](C)CO.CCCC#CC(O)/C(F)=C\[C@@H](C)C(C)C.CCC[C@@H]1OC(C)(C)OC1C(OC(=O)c1ccccc1)/C(F)=C\[C@@H](C)C(C)C.COC(=O)/C(F)=C\[C@@H](C)C(C)C.COc1ccc(CCl)cc1.Cc1cc(O)c2c(c1)/C=C/C[C@H](O)[C@H](O)C(=O)/C(F)=C\[C@@H](C)[C@H](C)OC2=O.[CH2-]CCC.[Li+]. The number of phenolic OH excluding ortho intramolecular Hbond substituents is 1. The van der Waals surface area contributed by atoms with E-state index in [9.17, 15) is 62.0 Å². The number of halogens is 6. The minimum absolute atomic E-state index is 0. The zero-order valence-corrected chi connectivity index (χ0v) is 80.1.